The lowest BCUT2D eigenvalue weighted by Gasteiger charge is -2.33. The number of hydrogen-bond donors (Lipinski definition) is 2. The normalized spacial score (nSPS) is 14.8. The maximum atomic E-state index is 10.5. The van der Waals surface area contributed by atoms with E-state index in [0.717, 1.165) is 43.5 Å². The third kappa shape index (κ3) is 4.61. The van der Waals surface area contributed by atoms with Crippen LogP contribution in [0.3, 0.4) is 0 Å². The number of aliphatic hydroxyl groups is 1. The summed E-state index contributed by atoms with van der Waals surface area (Å²) in [5, 5.41) is 13.9. The number of nitrogens with one attached hydrogen (secondary N) is 1. The standard InChI is InChI=1S/C20H33N3O3/c1-6-20(24,7-2)14-22-19(21-8-3)23-10-9-15-11-17(25-4)18(26-5)12-16(15)13-23/h11-12,24H,6-10,13-14H2,1-5H3,(H,21,22). The van der Waals surface area contributed by atoms with Crippen LogP contribution in [0.2, 0.25) is 0 Å². The second-order valence-electron chi connectivity index (χ2n) is 6.75. The van der Waals surface area contributed by atoms with Crippen LogP contribution in [-0.2, 0) is 13.0 Å². The molecule has 1 aliphatic heterocycles. The van der Waals surface area contributed by atoms with Gasteiger partial charge < -0.3 is 24.8 Å². The highest BCUT2D eigenvalue weighted by atomic mass is 16.5. The smallest absolute Gasteiger partial charge is 0.194 e. The van der Waals surface area contributed by atoms with Gasteiger partial charge in [-0.2, -0.15) is 0 Å². The Labute approximate surface area is 157 Å². The molecule has 1 aromatic rings. The highest BCUT2D eigenvalue weighted by Gasteiger charge is 2.25. The van der Waals surface area contributed by atoms with Crippen molar-refractivity contribution in [3.05, 3.63) is 23.3 Å². The second-order valence-corrected chi connectivity index (χ2v) is 6.75. The first-order valence-electron chi connectivity index (χ1n) is 9.49. The molecule has 0 aliphatic carbocycles. The first-order chi connectivity index (χ1) is 12.5. The molecule has 26 heavy (non-hydrogen) atoms. The molecule has 0 radical (unpaired) electrons. The van der Waals surface area contributed by atoms with Crippen molar-refractivity contribution in [1.29, 1.82) is 0 Å². The molecule has 0 amide bonds. The van der Waals surface area contributed by atoms with Crippen LogP contribution in [0.4, 0.5) is 0 Å². The van der Waals surface area contributed by atoms with Gasteiger partial charge in [-0.25, -0.2) is 0 Å². The molecule has 1 heterocycles. The number of hydrogen-bond acceptors (Lipinski definition) is 4. The maximum absolute atomic E-state index is 10.5. The minimum atomic E-state index is -0.731. The van der Waals surface area contributed by atoms with Gasteiger partial charge in [0.1, 0.15) is 0 Å². The number of guanidine groups is 1. The van der Waals surface area contributed by atoms with Crippen LogP contribution >= 0.6 is 0 Å². The summed E-state index contributed by atoms with van der Waals surface area (Å²) in [4.78, 5) is 6.97. The van der Waals surface area contributed by atoms with E-state index in [4.69, 9.17) is 14.5 Å². The van der Waals surface area contributed by atoms with Crippen molar-refractivity contribution in [2.24, 2.45) is 4.99 Å². The molecule has 0 saturated carbocycles. The molecule has 0 fully saturated rings. The Kier molecular flexibility index (Phi) is 7.14. The van der Waals surface area contributed by atoms with E-state index in [1.54, 1.807) is 14.2 Å². The van der Waals surface area contributed by atoms with Gasteiger partial charge in [-0.05, 0) is 49.4 Å². The van der Waals surface area contributed by atoms with Crippen LogP contribution in [-0.4, -0.2) is 55.4 Å². The molecule has 0 unspecified atom stereocenters. The van der Waals surface area contributed by atoms with E-state index in [2.05, 4.69) is 29.3 Å². The lowest BCUT2D eigenvalue weighted by Crippen LogP contribution is -2.45. The number of methoxy groups -OCH3 is 2. The molecule has 0 bridgehead atoms. The van der Waals surface area contributed by atoms with E-state index < -0.39 is 5.60 Å². The van der Waals surface area contributed by atoms with Crippen LogP contribution in [0.25, 0.3) is 0 Å². The van der Waals surface area contributed by atoms with Gasteiger partial charge in [-0.3, -0.25) is 4.99 Å². The van der Waals surface area contributed by atoms with Crippen LogP contribution < -0.4 is 14.8 Å². The van der Waals surface area contributed by atoms with E-state index in [1.165, 1.54) is 11.1 Å². The summed E-state index contributed by atoms with van der Waals surface area (Å²) in [5.41, 5.74) is 1.78. The number of rotatable bonds is 7. The highest BCUT2D eigenvalue weighted by Crippen LogP contribution is 2.33. The number of benzene rings is 1. The first kappa shape index (κ1) is 20.4. The molecule has 2 N–H and O–H groups in total. The molecule has 146 valence electrons. The van der Waals surface area contributed by atoms with Gasteiger partial charge in [0, 0.05) is 19.6 Å². The second kappa shape index (κ2) is 9.12. The summed E-state index contributed by atoms with van der Waals surface area (Å²) in [7, 11) is 3.32. The lowest BCUT2D eigenvalue weighted by atomic mass is 9.98. The zero-order valence-corrected chi connectivity index (χ0v) is 16.8. The van der Waals surface area contributed by atoms with Gasteiger partial charge in [0.05, 0.1) is 26.4 Å². The third-order valence-corrected chi connectivity index (χ3v) is 5.19. The Morgan fingerprint density at radius 3 is 2.31 bits per heavy atom. The minimum Gasteiger partial charge on any atom is -0.493 e. The van der Waals surface area contributed by atoms with E-state index in [-0.39, 0.29) is 0 Å². The van der Waals surface area contributed by atoms with Crippen molar-refractivity contribution in [1.82, 2.24) is 10.2 Å². The number of ether oxygens (including phenoxy) is 2. The van der Waals surface area contributed by atoms with Gasteiger partial charge in [0.2, 0.25) is 0 Å². The monoisotopic (exact) mass is 363 g/mol. The van der Waals surface area contributed by atoms with Crippen LogP contribution in [0.1, 0.15) is 44.7 Å². The van der Waals surface area contributed by atoms with Gasteiger partial charge >= 0.3 is 0 Å². The minimum absolute atomic E-state index is 0.414. The number of nitrogens with zero attached hydrogens (tertiary/aromatic N) is 2. The molecule has 0 atom stereocenters. The van der Waals surface area contributed by atoms with Crippen molar-refractivity contribution >= 4 is 5.96 Å². The van der Waals surface area contributed by atoms with Crippen molar-refractivity contribution < 1.29 is 14.6 Å². The predicted octanol–water partition coefficient (Wildman–Crippen LogP) is 2.58. The van der Waals surface area contributed by atoms with Gasteiger partial charge in [0.15, 0.2) is 17.5 Å². The summed E-state index contributed by atoms with van der Waals surface area (Å²) in [5.74, 6) is 2.38. The Hall–Kier alpha value is -1.95. The molecule has 1 aromatic carbocycles. The predicted molar refractivity (Wildman–Crippen MR) is 105 cm³/mol. The van der Waals surface area contributed by atoms with Crippen LogP contribution in [0, 0.1) is 0 Å². The van der Waals surface area contributed by atoms with E-state index in [0.29, 0.717) is 19.4 Å². The van der Waals surface area contributed by atoms with Gasteiger partial charge in [-0.15, -0.1) is 0 Å². The fourth-order valence-corrected chi connectivity index (χ4v) is 3.19. The Morgan fingerprint density at radius 2 is 1.77 bits per heavy atom. The summed E-state index contributed by atoms with van der Waals surface area (Å²) < 4.78 is 10.9. The fourth-order valence-electron chi connectivity index (χ4n) is 3.19. The lowest BCUT2D eigenvalue weighted by molar-refractivity contribution is 0.0415. The van der Waals surface area contributed by atoms with E-state index in [9.17, 15) is 5.11 Å². The molecule has 6 heteroatoms. The fraction of sp³-hybridized carbons (Fsp3) is 0.650. The molecule has 0 saturated heterocycles. The molecule has 6 nitrogen and oxygen atoms in total. The summed E-state index contributed by atoms with van der Waals surface area (Å²) >= 11 is 0. The zero-order chi connectivity index (χ0) is 19.2. The van der Waals surface area contributed by atoms with E-state index in [1.807, 2.05) is 13.8 Å². The molecule has 0 aromatic heterocycles. The summed E-state index contributed by atoms with van der Waals surface area (Å²) in [6.45, 7) is 8.92. The first-order valence-corrected chi connectivity index (χ1v) is 9.49. The number of aliphatic imine (C=N–C) groups is 1. The van der Waals surface area contributed by atoms with Crippen LogP contribution in [0.5, 0.6) is 11.5 Å². The van der Waals surface area contributed by atoms with Crippen LogP contribution in [0.15, 0.2) is 17.1 Å². The highest BCUT2D eigenvalue weighted by molar-refractivity contribution is 5.80. The van der Waals surface area contributed by atoms with Gasteiger partial charge in [0.25, 0.3) is 0 Å². The molecule has 0 spiro atoms. The SMILES string of the molecule is CCNC(=NCC(O)(CC)CC)N1CCc2cc(OC)c(OC)cc2C1. The van der Waals surface area contributed by atoms with Crippen molar-refractivity contribution in [2.75, 3.05) is 33.9 Å². The number of fused-ring (bicyclic) bond motifs is 1. The topological polar surface area (TPSA) is 66.3 Å². The van der Waals surface area contributed by atoms with Gasteiger partial charge in [-0.1, -0.05) is 13.8 Å². The quantitative estimate of drug-likeness (QED) is 0.576. The summed E-state index contributed by atoms with van der Waals surface area (Å²) in [6.07, 6.45) is 2.32. The molecular formula is C20H33N3O3. The van der Waals surface area contributed by atoms with E-state index >= 15 is 0 Å². The Bertz CT molecular complexity index is 627. The molecular weight excluding hydrogens is 330 g/mol. The Morgan fingerprint density at radius 1 is 1.15 bits per heavy atom. The average molecular weight is 364 g/mol. The van der Waals surface area contributed by atoms with Crippen molar-refractivity contribution in [3.63, 3.8) is 0 Å². The third-order valence-electron chi connectivity index (χ3n) is 5.19. The Balaban J connectivity index is 2.22. The summed E-state index contributed by atoms with van der Waals surface area (Å²) in [6, 6.07) is 4.13. The van der Waals surface area contributed by atoms with Crippen molar-refractivity contribution in [3.8, 4) is 11.5 Å². The maximum Gasteiger partial charge on any atom is 0.194 e. The zero-order valence-electron chi connectivity index (χ0n) is 16.8. The average Bonchev–Trinajstić information content (AvgIpc) is 2.69. The largest absolute Gasteiger partial charge is 0.493 e. The molecule has 1 aliphatic rings. The van der Waals surface area contributed by atoms with Crippen molar-refractivity contribution in [2.45, 2.75) is 52.2 Å². The molecule has 2 rings (SSSR count).